The number of hydrogen-bond acceptors (Lipinski definition) is 3. The first-order valence-electron chi connectivity index (χ1n) is 6.52. The highest BCUT2D eigenvalue weighted by molar-refractivity contribution is 7.89. The van der Waals surface area contributed by atoms with E-state index in [0.717, 1.165) is 11.3 Å². The molecule has 0 saturated carbocycles. The van der Waals surface area contributed by atoms with Gasteiger partial charge in [-0.25, -0.2) is 13.1 Å². The van der Waals surface area contributed by atoms with E-state index < -0.39 is 10.0 Å². The summed E-state index contributed by atoms with van der Waals surface area (Å²) in [6.07, 6.45) is 2.17. The molecule has 0 aliphatic rings. The van der Waals surface area contributed by atoms with Crippen LogP contribution in [0.3, 0.4) is 0 Å². The summed E-state index contributed by atoms with van der Waals surface area (Å²) in [4.78, 5) is 0.238. The van der Waals surface area contributed by atoms with Gasteiger partial charge in [0.15, 0.2) is 0 Å². The minimum Gasteiger partial charge on any atom is -0.352 e. The van der Waals surface area contributed by atoms with E-state index in [1.807, 2.05) is 12.1 Å². The van der Waals surface area contributed by atoms with Crippen LogP contribution in [-0.4, -0.2) is 19.5 Å². The van der Waals surface area contributed by atoms with Gasteiger partial charge in [0.2, 0.25) is 10.0 Å². The summed E-state index contributed by atoms with van der Waals surface area (Å²) in [7, 11) is -1.73. The summed E-state index contributed by atoms with van der Waals surface area (Å²) in [5.41, 5.74) is 7.35. The van der Waals surface area contributed by atoms with Gasteiger partial charge in [0.05, 0.1) is 4.90 Å². The lowest BCUT2D eigenvalue weighted by Crippen LogP contribution is -2.25. The first-order valence-corrected chi connectivity index (χ1v) is 8.38. The Balaban J connectivity index is 1.99. The lowest BCUT2D eigenvalue weighted by Gasteiger charge is -2.05. The summed E-state index contributed by atoms with van der Waals surface area (Å²) in [5, 5.41) is 0.665. The van der Waals surface area contributed by atoms with Gasteiger partial charge in [-0.15, -0.1) is 0 Å². The molecular weight excluding hydrogens is 310 g/mol. The van der Waals surface area contributed by atoms with E-state index in [1.54, 1.807) is 36.0 Å². The molecule has 114 valence electrons. The molecule has 0 bridgehead atoms. The number of nitrogens with two attached hydrogens (primary N) is 1. The maximum atomic E-state index is 12.2. The van der Waals surface area contributed by atoms with Crippen molar-refractivity contribution in [2.75, 3.05) is 6.54 Å². The monoisotopic (exact) mass is 327 g/mol. The Morgan fingerprint density at radius 1 is 1.29 bits per heavy atom. The van der Waals surface area contributed by atoms with Gasteiger partial charge in [-0.1, -0.05) is 23.7 Å². The predicted molar refractivity (Wildman–Crippen MR) is 83.6 cm³/mol. The summed E-state index contributed by atoms with van der Waals surface area (Å²) < 4.78 is 28.6. The van der Waals surface area contributed by atoms with Crippen molar-refractivity contribution in [1.29, 1.82) is 0 Å². The van der Waals surface area contributed by atoms with Crippen LogP contribution in [0.15, 0.2) is 41.4 Å². The maximum absolute atomic E-state index is 12.2. The van der Waals surface area contributed by atoms with Crippen LogP contribution >= 0.6 is 11.6 Å². The fourth-order valence-electron chi connectivity index (χ4n) is 1.99. The normalized spacial score (nSPS) is 11.8. The summed E-state index contributed by atoms with van der Waals surface area (Å²) in [6, 6.07) is 8.92. The fourth-order valence-corrected chi connectivity index (χ4v) is 3.24. The second kappa shape index (κ2) is 6.62. The smallest absolute Gasteiger partial charge is 0.242 e. The number of benzene rings is 1. The molecule has 21 heavy (non-hydrogen) atoms. The molecule has 0 aliphatic heterocycles. The van der Waals surface area contributed by atoms with Crippen molar-refractivity contribution in [2.45, 2.75) is 17.9 Å². The molecule has 0 radical (unpaired) electrons. The Hall–Kier alpha value is -1.34. The van der Waals surface area contributed by atoms with Crippen LogP contribution in [0.4, 0.5) is 0 Å². The Morgan fingerprint density at radius 3 is 2.52 bits per heavy atom. The van der Waals surface area contributed by atoms with Crippen LogP contribution in [0.5, 0.6) is 0 Å². The summed E-state index contributed by atoms with van der Waals surface area (Å²) >= 11 is 5.81. The summed E-state index contributed by atoms with van der Waals surface area (Å²) in [5.74, 6) is 0. The topological polar surface area (TPSA) is 77.1 Å². The number of hydrogen-bond donors (Lipinski definition) is 2. The number of aromatic nitrogens is 1. The van der Waals surface area contributed by atoms with Gasteiger partial charge in [0.25, 0.3) is 0 Å². The average molecular weight is 328 g/mol. The number of rotatable bonds is 6. The molecule has 0 amide bonds. The van der Waals surface area contributed by atoms with Crippen molar-refractivity contribution in [3.8, 4) is 0 Å². The first kappa shape index (κ1) is 16.0. The highest BCUT2D eigenvalue weighted by atomic mass is 35.5. The molecule has 0 unspecified atom stereocenters. The van der Waals surface area contributed by atoms with Crippen LogP contribution in [0, 0.1) is 0 Å². The number of halogens is 1. The molecule has 0 fully saturated rings. The third kappa shape index (κ3) is 4.07. The van der Waals surface area contributed by atoms with Crippen LogP contribution in [0.2, 0.25) is 5.02 Å². The van der Waals surface area contributed by atoms with Crippen molar-refractivity contribution >= 4 is 21.6 Å². The van der Waals surface area contributed by atoms with E-state index in [2.05, 4.69) is 4.72 Å². The number of aryl methyl sites for hydroxylation is 1. The van der Waals surface area contributed by atoms with Crippen LogP contribution in [-0.2, 0) is 30.0 Å². The quantitative estimate of drug-likeness (QED) is 0.847. The van der Waals surface area contributed by atoms with Gasteiger partial charge in [-0.3, -0.25) is 0 Å². The molecular formula is C14H18ClN3O2S. The lowest BCUT2D eigenvalue weighted by atomic mass is 10.2. The third-order valence-corrected chi connectivity index (χ3v) is 4.90. The predicted octanol–water partition coefficient (Wildman–Crippen LogP) is 1.66. The largest absolute Gasteiger partial charge is 0.352 e. The molecule has 3 N–H and O–H groups in total. The Kier molecular flexibility index (Phi) is 5.05. The minimum atomic E-state index is -3.50. The number of sulfonamides is 1. The average Bonchev–Trinajstić information content (AvgIpc) is 2.83. The molecule has 0 atom stereocenters. The highest BCUT2D eigenvalue weighted by Gasteiger charge is 2.16. The minimum absolute atomic E-state index is 0.238. The SMILES string of the molecule is Cn1cc(S(=O)(=O)NCCc2ccc(Cl)cc2)cc1CN. The highest BCUT2D eigenvalue weighted by Crippen LogP contribution is 2.13. The second-order valence-electron chi connectivity index (χ2n) is 4.76. The molecule has 2 rings (SSSR count). The fraction of sp³-hybridized carbons (Fsp3) is 0.286. The van der Waals surface area contributed by atoms with Crippen molar-refractivity contribution in [2.24, 2.45) is 12.8 Å². The van der Waals surface area contributed by atoms with Gasteiger partial charge in [-0.2, -0.15) is 0 Å². The molecule has 1 aromatic heterocycles. The molecule has 0 spiro atoms. The Morgan fingerprint density at radius 2 is 1.95 bits per heavy atom. The standard InChI is InChI=1S/C14H18ClN3O2S/c1-18-10-14(8-13(18)9-16)21(19,20)17-7-6-11-2-4-12(15)5-3-11/h2-5,8,10,17H,6-7,9,16H2,1H3. The molecule has 5 nitrogen and oxygen atoms in total. The van der Waals surface area contributed by atoms with Crippen molar-refractivity contribution in [3.05, 3.63) is 52.8 Å². The van der Waals surface area contributed by atoms with Gasteiger partial charge in [0, 0.05) is 37.1 Å². The van der Waals surface area contributed by atoms with Crippen LogP contribution < -0.4 is 10.5 Å². The van der Waals surface area contributed by atoms with Gasteiger partial charge >= 0.3 is 0 Å². The maximum Gasteiger partial charge on any atom is 0.242 e. The van der Waals surface area contributed by atoms with Crippen molar-refractivity contribution in [1.82, 2.24) is 9.29 Å². The van der Waals surface area contributed by atoms with Crippen molar-refractivity contribution < 1.29 is 8.42 Å². The number of nitrogens with zero attached hydrogens (tertiary/aromatic N) is 1. The van der Waals surface area contributed by atoms with E-state index in [9.17, 15) is 8.42 Å². The zero-order chi connectivity index (χ0) is 15.5. The molecule has 1 aromatic carbocycles. The molecule has 0 aliphatic carbocycles. The Labute approximate surface area is 129 Å². The third-order valence-electron chi connectivity index (χ3n) is 3.22. The van der Waals surface area contributed by atoms with Crippen LogP contribution in [0.25, 0.3) is 0 Å². The molecule has 0 saturated heterocycles. The Bertz CT molecular complexity index is 708. The van der Waals surface area contributed by atoms with E-state index in [0.29, 0.717) is 24.5 Å². The zero-order valence-electron chi connectivity index (χ0n) is 11.7. The molecule has 7 heteroatoms. The van der Waals surface area contributed by atoms with Gasteiger partial charge in [-0.05, 0) is 30.2 Å². The van der Waals surface area contributed by atoms with Crippen LogP contribution in [0.1, 0.15) is 11.3 Å². The van der Waals surface area contributed by atoms with E-state index in [1.165, 1.54) is 0 Å². The van der Waals surface area contributed by atoms with E-state index in [4.69, 9.17) is 17.3 Å². The van der Waals surface area contributed by atoms with Crippen molar-refractivity contribution in [3.63, 3.8) is 0 Å². The second-order valence-corrected chi connectivity index (χ2v) is 6.96. The number of nitrogens with one attached hydrogen (secondary N) is 1. The first-order chi connectivity index (χ1) is 9.92. The summed E-state index contributed by atoms with van der Waals surface area (Å²) in [6.45, 7) is 0.633. The van der Waals surface area contributed by atoms with E-state index in [-0.39, 0.29) is 4.90 Å². The molecule has 2 aromatic rings. The zero-order valence-corrected chi connectivity index (χ0v) is 13.3. The molecule has 1 heterocycles. The van der Waals surface area contributed by atoms with E-state index >= 15 is 0 Å². The lowest BCUT2D eigenvalue weighted by molar-refractivity contribution is 0.581. The van der Waals surface area contributed by atoms with Gasteiger partial charge in [0.1, 0.15) is 0 Å². The van der Waals surface area contributed by atoms with Gasteiger partial charge < -0.3 is 10.3 Å².